The van der Waals surface area contributed by atoms with Gasteiger partial charge in [-0.25, -0.2) is 4.98 Å². The lowest BCUT2D eigenvalue weighted by Crippen LogP contribution is -2.27. The second-order valence-electron chi connectivity index (χ2n) is 13.0. The van der Waals surface area contributed by atoms with E-state index in [9.17, 15) is 63.7 Å². The highest BCUT2D eigenvalue weighted by atomic mass is 32.2. The van der Waals surface area contributed by atoms with Gasteiger partial charge in [-0.05, 0) is 84.8 Å². The second-order valence-corrected chi connectivity index (χ2v) is 18.2. The number of thiazole rings is 1. The summed E-state index contributed by atoms with van der Waals surface area (Å²) in [5.74, 6) is -2.79. The van der Waals surface area contributed by atoms with Crippen molar-refractivity contribution < 1.29 is 58.5 Å². The van der Waals surface area contributed by atoms with E-state index >= 15 is 0 Å². The van der Waals surface area contributed by atoms with Crippen LogP contribution in [0.2, 0.25) is 0 Å². The van der Waals surface area contributed by atoms with Crippen LogP contribution in [0.4, 0.5) is 22.7 Å². The van der Waals surface area contributed by atoms with Gasteiger partial charge in [0.05, 0.1) is 37.1 Å². The molecular formula is C36H24N8O14S4. The summed E-state index contributed by atoms with van der Waals surface area (Å²) in [4.78, 5) is 39.1. The first-order valence-electron chi connectivity index (χ1n) is 17.0. The number of nitrogens with zero attached hydrogens (tertiary/aromatic N) is 6. The maximum Gasteiger partial charge on any atom is 0.296 e. The predicted molar refractivity (Wildman–Crippen MR) is 223 cm³/mol. The Morgan fingerprint density at radius 2 is 1.42 bits per heavy atom. The molecule has 6 N–H and O–H groups in total. The van der Waals surface area contributed by atoms with Gasteiger partial charge in [0.25, 0.3) is 36.0 Å². The average molecular weight is 921 g/mol. The maximum absolute atomic E-state index is 13.9. The third kappa shape index (κ3) is 8.95. The number of aliphatic hydroxyl groups is 1. The molecule has 0 unspecified atom stereocenters. The number of nitro groups is 1. The molecule has 7 rings (SSSR count). The molecule has 2 aliphatic carbocycles. The van der Waals surface area contributed by atoms with Gasteiger partial charge in [-0.2, -0.15) is 35.5 Å². The zero-order valence-corrected chi connectivity index (χ0v) is 34.1. The van der Waals surface area contributed by atoms with Crippen LogP contribution in [-0.4, -0.2) is 76.9 Å². The van der Waals surface area contributed by atoms with Crippen molar-refractivity contribution in [2.75, 3.05) is 10.9 Å². The van der Waals surface area contributed by atoms with Gasteiger partial charge in [-0.1, -0.05) is 0 Å². The number of anilines is 2. The summed E-state index contributed by atoms with van der Waals surface area (Å²) >= 11 is 1.19. The lowest BCUT2D eigenvalue weighted by Gasteiger charge is -2.18. The summed E-state index contributed by atoms with van der Waals surface area (Å²) in [6, 6.07) is 15.4. The van der Waals surface area contributed by atoms with Gasteiger partial charge in [-0.3, -0.25) is 44.2 Å². The Hall–Kier alpha value is -7.20. The molecule has 26 heteroatoms. The number of non-ortho nitro benzene ring substituents is 1. The number of aromatic nitrogens is 1. The average Bonchev–Trinajstić information content (AvgIpc) is 3.62. The number of benzene rings is 4. The molecule has 0 saturated carbocycles. The van der Waals surface area contributed by atoms with E-state index in [2.05, 4.69) is 36.3 Å². The van der Waals surface area contributed by atoms with Gasteiger partial charge in [0.15, 0.2) is 5.71 Å². The largest absolute Gasteiger partial charge is 0.505 e. The van der Waals surface area contributed by atoms with Crippen LogP contribution in [0.5, 0.6) is 0 Å². The number of nitro benzene ring substituents is 1. The van der Waals surface area contributed by atoms with Crippen molar-refractivity contribution >= 4 is 104 Å². The second kappa shape index (κ2) is 16.0. The third-order valence-electron chi connectivity index (χ3n) is 8.68. The molecular weight excluding hydrogens is 897 g/mol. The highest BCUT2D eigenvalue weighted by Gasteiger charge is 2.36. The molecule has 0 atom stereocenters. The summed E-state index contributed by atoms with van der Waals surface area (Å²) in [7, 11) is -14.9. The summed E-state index contributed by atoms with van der Waals surface area (Å²) in [6.07, 6.45) is 2.39. The SMILES string of the molecule is Cc1cc(S(=O)(=O)O)c2nc(-c3ccc(N/N=C4/C=C(N=Nc5cc(S(=O)(=O)O)cc6c5C(=O)/C(=N/Nc5ccc([N+](=O)[O-])cc5)C(S(=O)(=O)O)=C6)C(O)=CC4=O)cc3)sc2c1. The van der Waals surface area contributed by atoms with Gasteiger partial charge in [0.2, 0.25) is 11.6 Å². The van der Waals surface area contributed by atoms with Gasteiger partial charge >= 0.3 is 0 Å². The Morgan fingerprint density at radius 3 is 2.03 bits per heavy atom. The quantitative estimate of drug-likeness (QED) is 0.0289. The summed E-state index contributed by atoms with van der Waals surface area (Å²) in [6.45, 7) is 1.67. The van der Waals surface area contributed by atoms with Gasteiger partial charge < -0.3 is 5.11 Å². The zero-order chi connectivity index (χ0) is 44.9. The fraction of sp³-hybridized carbons (Fsp3) is 0.0278. The Kier molecular flexibility index (Phi) is 11.1. The molecule has 4 aromatic carbocycles. The topological polar surface area (TPSA) is 347 Å². The van der Waals surface area contributed by atoms with Crippen LogP contribution in [0.3, 0.4) is 0 Å². The van der Waals surface area contributed by atoms with Crippen molar-refractivity contribution in [1.29, 1.82) is 0 Å². The molecule has 2 aliphatic rings. The molecule has 0 fully saturated rings. The van der Waals surface area contributed by atoms with E-state index in [0.717, 1.165) is 24.3 Å². The monoisotopic (exact) mass is 920 g/mol. The van der Waals surface area contributed by atoms with E-state index in [-0.39, 0.29) is 27.5 Å². The molecule has 0 saturated heterocycles. The number of carbonyl (C=O) groups excluding carboxylic acids is 2. The minimum absolute atomic E-state index is 0.0432. The normalized spacial score (nSPS) is 16.0. The van der Waals surface area contributed by atoms with E-state index in [4.69, 9.17) is 0 Å². The fourth-order valence-electron chi connectivity index (χ4n) is 5.82. The van der Waals surface area contributed by atoms with E-state index < -0.39 is 90.6 Å². The number of azo groups is 1. The Morgan fingerprint density at radius 1 is 0.774 bits per heavy atom. The highest BCUT2D eigenvalue weighted by molar-refractivity contribution is 7.91. The van der Waals surface area contributed by atoms with Crippen LogP contribution in [0.25, 0.3) is 26.9 Å². The number of aryl methyl sites for hydroxylation is 1. The fourth-order valence-corrected chi connectivity index (χ4v) is 8.91. The third-order valence-corrected chi connectivity index (χ3v) is 12.3. The minimum atomic E-state index is -5.25. The lowest BCUT2D eigenvalue weighted by atomic mass is 9.93. The highest BCUT2D eigenvalue weighted by Crippen LogP contribution is 2.37. The first kappa shape index (κ1) is 42.9. The number of allylic oxidation sites excluding steroid dienone is 3. The van der Waals surface area contributed by atoms with Crippen LogP contribution in [-0.2, 0) is 35.1 Å². The van der Waals surface area contributed by atoms with Crippen molar-refractivity contribution in [3.63, 3.8) is 0 Å². The number of rotatable bonds is 11. The van der Waals surface area contributed by atoms with Crippen LogP contribution in [0.15, 0.2) is 132 Å². The van der Waals surface area contributed by atoms with Crippen LogP contribution < -0.4 is 10.9 Å². The number of carbonyl (C=O) groups is 2. The molecule has 0 radical (unpaired) electrons. The number of hydrazone groups is 2. The molecule has 1 heterocycles. The number of nitrogens with one attached hydrogen (secondary N) is 2. The van der Waals surface area contributed by atoms with Crippen LogP contribution >= 0.6 is 11.3 Å². The first-order valence-corrected chi connectivity index (χ1v) is 22.1. The van der Waals surface area contributed by atoms with Crippen molar-refractivity contribution in [3.8, 4) is 10.6 Å². The molecule has 0 bridgehead atoms. The summed E-state index contributed by atoms with van der Waals surface area (Å²) in [5, 5.41) is 37.6. The molecule has 316 valence electrons. The smallest absolute Gasteiger partial charge is 0.296 e. The molecule has 0 spiro atoms. The number of hydrogen-bond acceptors (Lipinski definition) is 19. The summed E-state index contributed by atoms with van der Waals surface area (Å²) in [5.41, 5.74) is 3.07. The predicted octanol–water partition coefficient (Wildman–Crippen LogP) is 6.03. The number of fused-ring (bicyclic) bond motifs is 2. The Bertz CT molecular complexity index is 3340. The zero-order valence-electron chi connectivity index (χ0n) is 30.8. The Balaban J connectivity index is 1.19. The van der Waals surface area contributed by atoms with Gasteiger partial charge in [0.1, 0.15) is 37.5 Å². The van der Waals surface area contributed by atoms with Gasteiger partial charge in [0, 0.05) is 29.8 Å². The molecule has 0 aliphatic heterocycles. The Labute approximate surface area is 352 Å². The molecule has 5 aromatic rings. The molecule has 0 amide bonds. The van der Waals surface area contributed by atoms with Crippen molar-refractivity contribution in [3.05, 3.63) is 128 Å². The number of hydrogen-bond donors (Lipinski definition) is 6. The van der Waals surface area contributed by atoms with Gasteiger partial charge in [-0.15, -0.1) is 21.6 Å². The van der Waals surface area contributed by atoms with Crippen LogP contribution in [0, 0.1) is 17.0 Å². The number of Topliss-reactive ketones (excluding diaryl/α,β-unsaturated/α-hetero) is 1. The number of ketones is 2. The minimum Gasteiger partial charge on any atom is -0.505 e. The standard InChI is InChI=1S/C36H24N8O14S4/c1-17-10-29-33(30(11-17)61(53,54)55)37-36(59-29)18-2-4-20(5-3-18)38-40-24-15-25(28(46)16-27(24)45)41-42-26-14-23(60(50,51)52)12-19-13-31(62(56,57)58)34(35(47)32(19)26)43-39-21-6-8-22(9-7-21)44(48)49/h2-16,38-39,46H,1H3,(H,50,51,52)(H,53,54,55)(H,56,57,58)/b40-24-,42-41?,43-34+. The van der Waals surface area contributed by atoms with E-state index in [0.29, 0.717) is 44.7 Å². The lowest BCUT2D eigenvalue weighted by molar-refractivity contribution is -0.384. The van der Waals surface area contributed by atoms with Crippen molar-refractivity contribution in [2.24, 2.45) is 20.4 Å². The first-order chi connectivity index (χ1) is 29.1. The van der Waals surface area contributed by atoms with E-state index in [1.807, 2.05) is 0 Å². The van der Waals surface area contributed by atoms with Crippen molar-refractivity contribution in [1.82, 2.24) is 4.98 Å². The van der Waals surface area contributed by atoms with Crippen LogP contribution in [0.1, 0.15) is 21.5 Å². The maximum atomic E-state index is 13.9. The van der Waals surface area contributed by atoms with E-state index in [1.54, 1.807) is 37.3 Å². The van der Waals surface area contributed by atoms with E-state index in [1.165, 1.54) is 29.5 Å². The molecule has 22 nitrogen and oxygen atoms in total. The van der Waals surface area contributed by atoms with Crippen molar-refractivity contribution in [2.45, 2.75) is 16.7 Å². The number of aliphatic hydroxyl groups excluding tert-OH is 1. The molecule has 62 heavy (non-hydrogen) atoms. The molecule has 1 aromatic heterocycles. The summed E-state index contributed by atoms with van der Waals surface area (Å²) < 4.78 is 103.